The highest BCUT2D eigenvalue weighted by Crippen LogP contribution is 2.35. The minimum atomic E-state index is -3.29. The van der Waals surface area contributed by atoms with Gasteiger partial charge in [-0.2, -0.15) is 4.31 Å². The molecule has 0 spiro atoms. The third-order valence-electron chi connectivity index (χ3n) is 4.62. The smallest absolute Gasteiger partial charge is 0.217 e. The maximum absolute atomic E-state index is 12.8. The van der Waals surface area contributed by atoms with Gasteiger partial charge in [0.15, 0.2) is 0 Å². The summed E-state index contributed by atoms with van der Waals surface area (Å²) in [5, 5.41) is -0.236. The van der Waals surface area contributed by atoms with E-state index in [0.717, 1.165) is 24.2 Å². The molecule has 1 saturated carbocycles. The van der Waals surface area contributed by atoms with Gasteiger partial charge in [-0.15, -0.1) is 0 Å². The monoisotopic (exact) mass is 348 g/mol. The van der Waals surface area contributed by atoms with Gasteiger partial charge in [-0.1, -0.05) is 6.07 Å². The Balaban J connectivity index is 1.59. The highest BCUT2D eigenvalue weighted by atomic mass is 32.2. The summed E-state index contributed by atoms with van der Waals surface area (Å²) < 4.78 is 34.9. The van der Waals surface area contributed by atoms with E-state index in [1.165, 1.54) is 0 Å². The number of aryl methyl sites for hydroxylation is 1. The van der Waals surface area contributed by atoms with E-state index in [-0.39, 0.29) is 17.9 Å². The third-order valence-corrected chi connectivity index (χ3v) is 7.02. The zero-order valence-corrected chi connectivity index (χ0v) is 14.3. The number of ether oxygens (including phenoxy) is 1. The van der Waals surface area contributed by atoms with Crippen LogP contribution in [0.4, 0.5) is 0 Å². The van der Waals surface area contributed by atoms with Gasteiger partial charge < -0.3 is 9.30 Å². The van der Waals surface area contributed by atoms with Crippen molar-refractivity contribution in [3.63, 3.8) is 0 Å². The van der Waals surface area contributed by atoms with Crippen LogP contribution < -0.4 is 4.74 Å². The summed E-state index contributed by atoms with van der Waals surface area (Å²) in [6, 6.07) is 5.21. The molecule has 1 atom stereocenters. The van der Waals surface area contributed by atoms with Crippen LogP contribution in [0.25, 0.3) is 0 Å². The molecule has 0 amide bonds. The zero-order valence-electron chi connectivity index (χ0n) is 13.5. The Morgan fingerprint density at radius 1 is 1.29 bits per heavy atom. The molecule has 0 saturated heterocycles. The SMILES string of the molecule is Cn1cnc2c1CC(COc1ccccn1)N(S(=O)(=O)C1CC1)C2. The van der Waals surface area contributed by atoms with E-state index in [2.05, 4.69) is 9.97 Å². The summed E-state index contributed by atoms with van der Waals surface area (Å²) in [6.45, 7) is 0.610. The first-order valence-corrected chi connectivity index (χ1v) is 9.59. The summed E-state index contributed by atoms with van der Waals surface area (Å²) in [5.41, 5.74) is 1.92. The van der Waals surface area contributed by atoms with Gasteiger partial charge in [0.2, 0.25) is 15.9 Å². The molecule has 1 fully saturated rings. The first-order chi connectivity index (χ1) is 11.6. The largest absolute Gasteiger partial charge is 0.476 e. The van der Waals surface area contributed by atoms with E-state index in [9.17, 15) is 8.42 Å². The summed E-state index contributed by atoms with van der Waals surface area (Å²) in [4.78, 5) is 8.50. The van der Waals surface area contributed by atoms with Crippen molar-refractivity contribution in [2.24, 2.45) is 7.05 Å². The van der Waals surface area contributed by atoms with Gasteiger partial charge in [-0.05, 0) is 18.9 Å². The van der Waals surface area contributed by atoms with E-state index >= 15 is 0 Å². The summed E-state index contributed by atoms with van der Waals surface area (Å²) in [6.07, 6.45) is 5.51. The lowest BCUT2D eigenvalue weighted by Crippen LogP contribution is -2.48. The first-order valence-electron chi connectivity index (χ1n) is 8.09. The molecule has 0 aromatic carbocycles. The van der Waals surface area contributed by atoms with Gasteiger partial charge in [-0.3, -0.25) is 0 Å². The molecule has 2 aromatic rings. The normalized spacial score (nSPS) is 21.5. The molecule has 1 aliphatic carbocycles. The molecule has 4 rings (SSSR count). The van der Waals surface area contributed by atoms with Gasteiger partial charge in [0, 0.05) is 31.4 Å². The van der Waals surface area contributed by atoms with Crippen molar-refractivity contribution in [2.75, 3.05) is 6.61 Å². The molecule has 0 bridgehead atoms. The maximum atomic E-state index is 12.8. The van der Waals surface area contributed by atoms with Crippen molar-refractivity contribution >= 4 is 10.0 Å². The Morgan fingerprint density at radius 2 is 2.12 bits per heavy atom. The van der Waals surface area contributed by atoms with Crippen molar-refractivity contribution in [1.82, 2.24) is 18.8 Å². The van der Waals surface area contributed by atoms with Crippen LogP contribution in [0.3, 0.4) is 0 Å². The average Bonchev–Trinajstić information content (AvgIpc) is 3.39. The molecule has 0 N–H and O–H groups in total. The van der Waals surface area contributed by atoms with Crippen molar-refractivity contribution < 1.29 is 13.2 Å². The van der Waals surface area contributed by atoms with E-state index in [1.807, 2.05) is 23.7 Å². The van der Waals surface area contributed by atoms with Crippen LogP contribution in [-0.4, -0.2) is 45.2 Å². The van der Waals surface area contributed by atoms with Gasteiger partial charge in [0.05, 0.1) is 29.9 Å². The van der Waals surface area contributed by atoms with Gasteiger partial charge in [-0.25, -0.2) is 18.4 Å². The number of fused-ring (bicyclic) bond motifs is 1. The molecular weight excluding hydrogens is 328 g/mol. The summed E-state index contributed by atoms with van der Waals surface area (Å²) in [5.74, 6) is 0.511. The van der Waals surface area contributed by atoms with Crippen LogP contribution in [0.2, 0.25) is 0 Å². The number of pyridine rings is 1. The fraction of sp³-hybridized carbons (Fsp3) is 0.500. The lowest BCUT2D eigenvalue weighted by Gasteiger charge is -2.34. The van der Waals surface area contributed by atoms with Gasteiger partial charge >= 0.3 is 0 Å². The van der Waals surface area contributed by atoms with Crippen LogP contribution in [0.1, 0.15) is 24.2 Å². The van der Waals surface area contributed by atoms with E-state index in [1.54, 1.807) is 22.9 Å². The topological polar surface area (TPSA) is 77.3 Å². The Hall–Kier alpha value is -1.93. The molecule has 2 aliphatic rings. The minimum Gasteiger partial charge on any atom is -0.476 e. The Kier molecular flexibility index (Phi) is 3.80. The highest BCUT2D eigenvalue weighted by molar-refractivity contribution is 7.90. The Bertz CT molecular complexity index is 830. The maximum Gasteiger partial charge on any atom is 0.217 e. The van der Waals surface area contributed by atoms with E-state index < -0.39 is 10.0 Å². The van der Waals surface area contributed by atoms with Crippen molar-refractivity contribution in [3.8, 4) is 5.88 Å². The summed E-state index contributed by atoms with van der Waals surface area (Å²) >= 11 is 0. The molecule has 7 nitrogen and oxygen atoms in total. The van der Waals surface area contributed by atoms with Crippen molar-refractivity contribution in [1.29, 1.82) is 0 Å². The second-order valence-electron chi connectivity index (χ2n) is 6.38. The third kappa shape index (κ3) is 2.80. The molecular formula is C16H20N4O3S. The molecule has 24 heavy (non-hydrogen) atoms. The fourth-order valence-corrected chi connectivity index (χ4v) is 5.08. The van der Waals surface area contributed by atoms with Gasteiger partial charge in [0.25, 0.3) is 0 Å². The van der Waals surface area contributed by atoms with Gasteiger partial charge in [0.1, 0.15) is 6.61 Å². The number of sulfonamides is 1. The minimum absolute atomic E-state index is 0.236. The predicted octanol–water partition coefficient (Wildman–Crippen LogP) is 1.11. The molecule has 1 aliphatic heterocycles. The quantitative estimate of drug-likeness (QED) is 0.809. The fourth-order valence-electron chi connectivity index (χ4n) is 3.11. The second kappa shape index (κ2) is 5.86. The van der Waals surface area contributed by atoms with Crippen LogP contribution in [0.15, 0.2) is 30.7 Å². The predicted molar refractivity (Wildman–Crippen MR) is 87.9 cm³/mol. The van der Waals surface area contributed by atoms with E-state index in [0.29, 0.717) is 18.8 Å². The molecule has 3 heterocycles. The molecule has 8 heteroatoms. The summed E-state index contributed by atoms with van der Waals surface area (Å²) in [7, 11) is -1.35. The van der Waals surface area contributed by atoms with Crippen LogP contribution in [0.5, 0.6) is 5.88 Å². The zero-order chi connectivity index (χ0) is 16.7. The lowest BCUT2D eigenvalue weighted by atomic mass is 10.1. The Labute approximate surface area is 141 Å². The average molecular weight is 348 g/mol. The number of nitrogens with zero attached hydrogens (tertiary/aromatic N) is 4. The lowest BCUT2D eigenvalue weighted by molar-refractivity contribution is 0.181. The Morgan fingerprint density at radius 3 is 2.83 bits per heavy atom. The first kappa shape index (κ1) is 15.6. The van der Waals surface area contributed by atoms with E-state index in [4.69, 9.17) is 4.74 Å². The van der Waals surface area contributed by atoms with Crippen molar-refractivity contribution in [3.05, 3.63) is 42.1 Å². The second-order valence-corrected chi connectivity index (χ2v) is 8.54. The molecule has 2 aromatic heterocycles. The number of hydrogen-bond donors (Lipinski definition) is 0. The number of aromatic nitrogens is 3. The van der Waals surface area contributed by atoms with Crippen LogP contribution in [0, 0.1) is 0 Å². The number of rotatable bonds is 5. The standard InChI is InChI=1S/C16H20N4O3S/c1-19-11-18-14-9-20(24(21,22)13-5-6-13)12(8-15(14)19)10-23-16-4-2-3-7-17-16/h2-4,7,11-13H,5-6,8-10H2,1H3. The number of hydrogen-bond acceptors (Lipinski definition) is 5. The highest BCUT2D eigenvalue weighted by Gasteiger charge is 2.45. The number of imidazole rings is 1. The molecule has 0 radical (unpaired) electrons. The molecule has 128 valence electrons. The van der Waals surface area contributed by atoms with Crippen LogP contribution >= 0.6 is 0 Å². The van der Waals surface area contributed by atoms with Crippen LogP contribution in [-0.2, 0) is 30.0 Å². The van der Waals surface area contributed by atoms with Crippen molar-refractivity contribution in [2.45, 2.75) is 37.1 Å². The molecule has 1 unspecified atom stereocenters.